The molecule has 0 aliphatic rings. The van der Waals surface area contributed by atoms with Gasteiger partial charge in [0.1, 0.15) is 11.5 Å². The van der Waals surface area contributed by atoms with Crippen LogP contribution in [0, 0.1) is 6.92 Å². The van der Waals surface area contributed by atoms with E-state index in [1.54, 1.807) is 17.9 Å². The molecule has 0 fully saturated rings. The second-order valence-corrected chi connectivity index (χ2v) is 5.83. The smallest absolute Gasteiger partial charge is 0.185 e. The molecule has 0 radical (unpaired) electrons. The van der Waals surface area contributed by atoms with E-state index in [1.807, 2.05) is 31.2 Å². The molecule has 130 valence electrons. The van der Waals surface area contributed by atoms with Crippen LogP contribution >= 0.6 is 0 Å². The van der Waals surface area contributed by atoms with Gasteiger partial charge in [-0.05, 0) is 35.4 Å². The summed E-state index contributed by atoms with van der Waals surface area (Å²) in [5, 5.41) is 32.3. The topological polar surface area (TPSA) is 93.3 Å². The van der Waals surface area contributed by atoms with Crippen LogP contribution < -0.4 is 0 Å². The predicted octanol–water partition coefficient (Wildman–Crippen LogP) is 2.76. The van der Waals surface area contributed by atoms with Crippen LogP contribution in [0.3, 0.4) is 0 Å². The first-order valence-electron chi connectivity index (χ1n) is 7.98. The molecule has 0 atom stereocenters. The quantitative estimate of drug-likeness (QED) is 0.670. The van der Waals surface area contributed by atoms with Crippen LogP contribution in [0.2, 0.25) is 0 Å². The minimum Gasteiger partial charge on any atom is -0.507 e. The van der Waals surface area contributed by atoms with Crippen molar-refractivity contribution in [2.24, 2.45) is 0 Å². The second kappa shape index (κ2) is 7.31. The number of benzene rings is 2. The van der Waals surface area contributed by atoms with Crippen molar-refractivity contribution < 1.29 is 14.9 Å². The molecule has 0 spiro atoms. The average Bonchev–Trinajstić information content (AvgIpc) is 3.03. The molecule has 25 heavy (non-hydrogen) atoms. The molecule has 1 heterocycles. The van der Waals surface area contributed by atoms with Gasteiger partial charge in [0.15, 0.2) is 5.82 Å². The number of methoxy groups -OCH3 is 1. The van der Waals surface area contributed by atoms with E-state index in [0.29, 0.717) is 30.1 Å². The van der Waals surface area contributed by atoms with Crippen LogP contribution in [0.25, 0.3) is 22.5 Å². The van der Waals surface area contributed by atoms with Gasteiger partial charge in [0.2, 0.25) is 0 Å². The van der Waals surface area contributed by atoms with Crippen molar-refractivity contribution in [1.29, 1.82) is 0 Å². The molecule has 7 heteroatoms. The van der Waals surface area contributed by atoms with Gasteiger partial charge >= 0.3 is 0 Å². The Bertz CT molecular complexity index is 877. The number of aromatic hydroxyl groups is 2. The van der Waals surface area contributed by atoms with Crippen molar-refractivity contribution in [2.75, 3.05) is 13.7 Å². The van der Waals surface area contributed by atoms with Gasteiger partial charge in [-0.25, -0.2) is 4.68 Å². The second-order valence-electron chi connectivity index (χ2n) is 5.83. The molecule has 2 aromatic carbocycles. The Morgan fingerprint density at radius 2 is 1.88 bits per heavy atom. The molecule has 0 aliphatic carbocycles. The number of rotatable bonds is 6. The van der Waals surface area contributed by atoms with Gasteiger partial charge in [-0.1, -0.05) is 29.8 Å². The lowest BCUT2D eigenvalue weighted by molar-refractivity contribution is 0.189. The number of nitrogens with zero attached hydrogens (tertiary/aromatic N) is 4. The predicted molar refractivity (Wildman–Crippen MR) is 93.2 cm³/mol. The number of hydrogen-bond donors (Lipinski definition) is 2. The molecule has 0 saturated heterocycles. The first kappa shape index (κ1) is 16.9. The zero-order valence-electron chi connectivity index (χ0n) is 14.2. The van der Waals surface area contributed by atoms with Gasteiger partial charge in [-0.3, -0.25) is 0 Å². The van der Waals surface area contributed by atoms with Crippen LogP contribution in [0.4, 0.5) is 0 Å². The zero-order chi connectivity index (χ0) is 17.8. The number of aryl methyl sites for hydroxylation is 2. The number of phenols is 2. The van der Waals surface area contributed by atoms with Crippen molar-refractivity contribution in [3.8, 4) is 34.0 Å². The summed E-state index contributed by atoms with van der Waals surface area (Å²) in [5.41, 5.74) is 3.02. The molecule has 2 N–H and O–H groups in total. The van der Waals surface area contributed by atoms with Crippen LogP contribution in [0.1, 0.15) is 12.0 Å². The largest absolute Gasteiger partial charge is 0.507 e. The lowest BCUT2D eigenvalue weighted by Gasteiger charge is -2.11. The number of tetrazole rings is 1. The van der Waals surface area contributed by atoms with Crippen LogP contribution in [-0.4, -0.2) is 44.1 Å². The molecule has 1 aromatic heterocycles. The van der Waals surface area contributed by atoms with Gasteiger partial charge < -0.3 is 14.9 Å². The van der Waals surface area contributed by atoms with E-state index in [-0.39, 0.29) is 11.5 Å². The average molecular weight is 340 g/mol. The first-order valence-corrected chi connectivity index (χ1v) is 7.98. The fourth-order valence-corrected chi connectivity index (χ4v) is 2.71. The van der Waals surface area contributed by atoms with Gasteiger partial charge in [-0.15, -0.1) is 5.10 Å². The first-order chi connectivity index (χ1) is 12.1. The Hall–Kier alpha value is -2.93. The molecule has 3 aromatic rings. The number of hydrogen-bond acceptors (Lipinski definition) is 6. The van der Waals surface area contributed by atoms with E-state index in [1.165, 1.54) is 6.07 Å². The van der Waals surface area contributed by atoms with Crippen LogP contribution in [0.15, 0.2) is 36.4 Å². The standard InChI is InChI=1S/C18H20N4O3/c1-12-5-3-6-13(9-12)14-10-15(17(24)11-16(14)23)18-19-20-21-22(18)7-4-8-25-2/h3,5-6,9-11,23-24H,4,7-8H2,1-2H3. The summed E-state index contributed by atoms with van der Waals surface area (Å²) >= 11 is 0. The third kappa shape index (κ3) is 3.61. The molecule has 0 amide bonds. The van der Waals surface area contributed by atoms with Crippen LogP contribution in [0.5, 0.6) is 11.5 Å². The Morgan fingerprint density at radius 3 is 2.64 bits per heavy atom. The molecule has 0 saturated carbocycles. The molecule has 0 unspecified atom stereocenters. The van der Waals surface area contributed by atoms with E-state index >= 15 is 0 Å². The summed E-state index contributed by atoms with van der Waals surface area (Å²) in [7, 11) is 1.64. The Morgan fingerprint density at radius 1 is 1.08 bits per heavy atom. The van der Waals surface area contributed by atoms with E-state index in [9.17, 15) is 10.2 Å². The minimum absolute atomic E-state index is 0.00487. The minimum atomic E-state index is -0.0725. The Kier molecular flexibility index (Phi) is 4.95. The highest BCUT2D eigenvalue weighted by atomic mass is 16.5. The molecule has 0 aliphatic heterocycles. The van der Waals surface area contributed by atoms with E-state index in [4.69, 9.17) is 4.74 Å². The lowest BCUT2D eigenvalue weighted by atomic mass is 9.99. The highest BCUT2D eigenvalue weighted by Crippen LogP contribution is 2.39. The monoisotopic (exact) mass is 340 g/mol. The van der Waals surface area contributed by atoms with Gasteiger partial charge in [0, 0.05) is 31.9 Å². The maximum absolute atomic E-state index is 10.3. The maximum Gasteiger partial charge on any atom is 0.185 e. The summed E-state index contributed by atoms with van der Waals surface area (Å²) in [6, 6.07) is 10.8. The highest BCUT2D eigenvalue weighted by Gasteiger charge is 2.17. The third-order valence-corrected chi connectivity index (χ3v) is 3.93. The van der Waals surface area contributed by atoms with Crippen LogP contribution in [-0.2, 0) is 11.3 Å². The summed E-state index contributed by atoms with van der Waals surface area (Å²) in [6.45, 7) is 3.14. The number of ether oxygens (including phenoxy) is 1. The van der Waals surface area contributed by atoms with Crippen molar-refractivity contribution in [1.82, 2.24) is 20.2 Å². The molecular formula is C18H20N4O3. The molecule has 7 nitrogen and oxygen atoms in total. The number of aromatic nitrogens is 4. The lowest BCUT2D eigenvalue weighted by Crippen LogP contribution is -2.05. The molecular weight excluding hydrogens is 320 g/mol. The molecule has 0 bridgehead atoms. The van der Waals surface area contributed by atoms with Crippen molar-refractivity contribution in [3.63, 3.8) is 0 Å². The SMILES string of the molecule is COCCCn1nnnc1-c1cc(-c2cccc(C)c2)c(O)cc1O. The van der Waals surface area contributed by atoms with E-state index in [0.717, 1.165) is 17.5 Å². The fourth-order valence-electron chi connectivity index (χ4n) is 2.71. The summed E-state index contributed by atoms with van der Waals surface area (Å²) in [4.78, 5) is 0. The summed E-state index contributed by atoms with van der Waals surface area (Å²) in [6.07, 6.45) is 0.748. The summed E-state index contributed by atoms with van der Waals surface area (Å²) in [5.74, 6) is 0.379. The van der Waals surface area contributed by atoms with E-state index in [2.05, 4.69) is 15.5 Å². The van der Waals surface area contributed by atoms with Gasteiger partial charge in [-0.2, -0.15) is 0 Å². The highest BCUT2D eigenvalue weighted by molar-refractivity contribution is 5.79. The van der Waals surface area contributed by atoms with Crippen molar-refractivity contribution in [3.05, 3.63) is 42.0 Å². The maximum atomic E-state index is 10.3. The zero-order valence-corrected chi connectivity index (χ0v) is 14.2. The van der Waals surface area contributed by atoms with E-state index < -0.39 is 0 Å². The molecule has 3 rings (SSSR count). The Balaban J connectivity index is 2.03. The normalized spacial score (nSPS) is 11.0. The van der Waals surface area contributed by atoms with Gasteiger partial charge in [0.25, 0.3) is 0 Å². The summed E-state index contributed by atoms with van der Waals surface area (Å²) < 4.78 is 6.67. The third-order valence-electron chi connectivity index (χ3n) is 3.93. The fraction of sp³-hybridized carbons (Fsp3) is 0.278. The van der Waals surface area contributed by atoms with Crippen molar-refractivity contribution in [2.45, 2.75) is 19.9 Å². The Labute approximate surface area is 145 Å². The number of phenolic OH excluding ortho intramolecular Hbond substituents is 2. The van der Waals surface area contributed by atoms with Gasteiger partial charge in [0.05, 0.1) is 5.56 Å². The van der Waals surface area contributed by atoms with Crippen molar-refractivity contribution >= 4 is 0 Å².